The zero-order valence-electron chi connectivity index (χ0n) is 11.3. The fourth-order valence-corrected chi connectivity index (χ4v) is 2.24. The maximum Gasteiger partial charge on any atom is 0.320 e. The summed E-state index contributed by atoms with van der Waals surface area (Å²) in [5.41, 5.74) is 0. The molecule has 1 rings (SSSR count). The normalized spacial score (nSPS) is 17.7. The van der Waals surface area contributed by atoms with E-state index < -0.39 is 5.97 Å². The summed E-state index contributed by atoms with van der Waals surface area (Å²) in [6.45, 7) is 5.21. The van der Waals surface area contributed by atoms with Gasteiger partial charge in [-0.3, -0.25) is 4.79 Å². The number of nitrogens with one attached hydrogen (secondary N) is 1. The van der Waals surface area contributed by atoms with Crippen molar-refractivity contribution in [2.45, 2.75) is 64.1 Å². The van der Waals surface area contributed by atoms with Gasteiger partial charge in [0.1, 0.15) is 6.04 Å². The highest BCUT2D eigenvalue weighted by Gasteiger charge is 2.28. The van der Waals surface area contributed by atoms with Crippen LogP contribution in [-0.2, 0) is 4.79 Å². The van der Waals surface area contributed by atoms with Crippen LogP contribution in [0.1, 0.15) is 46.0 Å². The summed E-state index contributed by atoms with van der Waals surface area (Å²) in [4.78, 5) is 13.4. The molecule has 100 valence electrons. The lowest BCUT2D eigenvalue weighted by molar-refractivity contribution is -0.139. The Bertz CT molecular complexity index is 238. The molecule has 2 N–H and O–H groups in total. The molecule has 0 bridgehead atoms. The van der Waals surface area contributed by atoms with Gasteiger partial charge in [0, 0.05) is 18.6 Å². The van der Waals surface area contributed by atoms with Crippen LogP contribution >= 0.6 is 0 Å². The first-order valence-electron chi connectivity index (χ1n) is 6.77. The van der Waals surface area contributed by atoms with Crippen LogP contribution in [0, 0.1) is 0 Å². The molecule has 1 fully saturated rings. The zero-order valence-corrected chi connectivity index (χ0v) is 11.3. The van der Waals surface area contributed by atoms with Gasteiger partial charge in [-0.25, -0.2) is 0 Å². The van der Waals surface area contributed by atoms with E-state index in [0.29, 0.717) is 18.5 Å². The van der Waals surface area contributed by atoms with Crippen LogP contribution in [-0.4, -0.2) is 47.7 Å². The molecule has 1 atom stereocenters. The van der Waals surface area contributed by atoms with Crippen LogP contribution in [0.25, 0.3) is 0 Å². The van der Waals surface area contributed by atoms with Crippen molar-refractivity contribution in [3.63, 3.8) is 0 Å². The van der Waals surface area contributed by atoms with E-state index in [1.807, 2.05) is 0 Å². The summed E-state index contributed by atoms with van der Waals surface area (Å²) in [5, 5.41) is 12.3. The summed E-state index contributed by atoms with van der Waals surface area (Å²) in [5.74, 6) is -0.713. The first-order chi connectivity index (χ1) is 8.08. The molecule has 4 heteroatoms. The Hall–Kier alpha value is -0.610. The van der Waals surface area contributed by atoms with Crippen molar-refractivity contribution in [2.24, 2.45) is 0 Å². The molecule has 0 aromatic heterocycles. The number of carboxylic acids is 1. The number of hydrogen-bond donors (Lipinski definition) is 2. The second-order valence-electron chi connectivity index (χ2n) is 5.07. The second kappa shape index (κ2) is 6.97. The van der Waals surface area contributed by atoms with Crippen LogP contribution < -0.4 is 5.32 Å². The number of carboxylic acid groups (broad SMARTS) is 1. The molecule has 0 aliphatic heterocycles. The predicted molar refractivity (Wildman–Crippen MR) is 69.2 cm³/mol. The fourth-order valence-electron chi connectivity index (χ4n) is 2.24. The quantitative estimate of drug-likeness (QED) is 0.646. The highest BCUT2D eigenvalue weighted by atomic mass is 16.4. The molecular weight excluding hydrogens is 216 g/mol. The molecule has 0 saturated heterocycles. The lowest BCUT2D eigenvalue weighted by Crippen LogP contribution is -2.42. The number of carbonyl (C=O) groups is 1. The van der Waals surface area contributed by atoms with E-state index in [4.69, 9.17) is 5.11 Å². The molecule has 17 heavy (non-hydrogen) atoms. The third-order valence-corrected chi connectivity index (χ3v) is 3.65. The monoisotopic (exact) mass is 242 g/mol. The molecule has 4 nitrogen and oxygen atoms in total. The molecule has 0 aromatic carbocycles. The van der Waals surface area contributed by atoms with E-state index >= 15 is 0 Å². The van der Waals surface area contributed by atoms with Crippen molar-refractivity contribution in [3.8, 4) is 0 Å². The third-order valence-electron chi connectivity index (χ3n) is 3.65. The Balaban J connectivity index is 2.31. The SMILES string of the molecule is CCC(CC)N(C)CCC(NC1CC1)C(=O)O. The number of aliphatic carboxylic acids is 1. The highest BCUT2D eigenvalue weighted by Crippen LogP contribution is 2.20. The van der Waals surface area contributed by atoms with Crippen LogP contribution in [0.3, 0.4) is 0 Å². The third kappa shape index (κ3) is 5.04. The van der Waals surface area contributed by atoms with Gasteiger partial charge in [0.2, 0.25) is 0 Å². The molecular formula is C13H26N2O2. The minimum atomic E-state index is -0.713. The summed E-state index contributed by atoms with van der Waals surface area (Å²) < 4.78 is 0. The van der Waals surface area contributed by atoms with Crippen LogP contribution in [0.5, 0.6) is 0 Å². The van der Waals surface area contributed by atoms with Gasteiger partial charge in [0.25, 0.3) is 0 Å². The summed E-state index contributed by atoms with van der Waals surface area (Å²) in [7, 11) is 2.09. The van der Waals surface area contributed by atoms with Crippen LogP contribution in [0.2, 0.25) is 0 Å². The fraction of sp³-hybridized carbons (Fsp3) is 0.923. The van der Waals surface area contributed by atoms with E-state index in [1.165, 1.54) is 0 Å². The standard InChI is InChI=1S/C13H26N2O2/c1-4-11(5-2)15(3)9-8-12(13(16)17)14-10-6-7-10/h10-12,14H,4-9H2,1-3H3,(H,16,17). The number of rotatable bonds is 9. The second-order valence-corrected chi connectivity index (χ2v) is 5.07. The Morgan fingerprint density at radius 1 is 1.41 bits per heavy atom. The topological polar surface area (TPSA) is 52.6 Å². The summed E-state index contributed by atoms with van der Waals surface area (Å²) in [6.07, 6.45) is 5.21. The van der Waals surface area contributed by atoms with Gasteiger partial charge >= 0.3 is 5.97 Å². The predicted octanol–water partition coefficient (Wildman–Crippen LogP) is 1.70. The molecule has 0 aromatic rings. The van der Waals surface area contributed by atoms with E-state index in [2.05, 4.69) is 31.1 Å². The van der Waals surface area contributed by atoms with E-state index in [9.17, 15) is 4.79 Å². The number of nitrogens with zero attached hydrogens (tertiary/aromatic N) is 1. The minimum absolute atomic E-state index is 0.376. The Kier molecular flexibility index (Phi) is 5.92. The average molecular weight is 242 g/mol. The molecule has 1 aliphatic rings. The molecule has 0 heterocycles. The van der Waals surface area contributed by atoms with Gasteiger partial charge in [0.15, 0.2) is 0 Å². The van der Waals surface area contributed by atoms with Gasteiger partial charge in [-0.1, -0.05) is 13.8 Å². The first kappa shape index (κ1) is 14.5. The van der Waals surface area contributed by atoms with Crippen molar-refractivity contribution >= 4 is 5.97 Å². The van der Waals surface area contributed by atoms with Crippen molar-refractivity contribution < 1.29 is 9.90 Å². The number of hydrogen-bond acceptors (Lipinski definition) is 3. The van der Waals surface area contributed by atoms with Crippen molar-refractivity contribution in [3.05, 3.63) is 0 Å². The van der Waals surface area contributed by atoms with Gasteiger partial charge in [-0.15, -0.1) is 0 Å². The Morgan fingerprint density at radius 2 is 2.00 bits per heavy atom. The van der Waals surface area contributed by atoms with Crippen molar-refractivity contribution in [1.82, 2.24) is 10.2 Å². The first-order valence-corrected chi connectivity index (χ1v) is 6.77. The van der Waals surface area contributed by atoms with Gasteiger partial charge in [0.05, 0.1) is 0 Å². The largest absolute Gasteiger partial charge is 0.480 e. The highest BCUT2D eigenvalue weighted by molar-refractivity contribution is 5.73. The van der Waals surface area contributed by atoms with E-state index in [-0.39, 0.29) is 6.04 Å². The van der Waals surface area contributed by atoms with Crippen molar-refractivity contribution in [1.29, 1.82) is 0 Å². The maximum absolute atomic E-state index is 11.1. The zero-order chi connectivity index (χ0) is 12.8. The summed E-state index contributed by atoms with van der Waals surface area (Å²) in [6, 6.07) is 0.652. The lowest BCUT2D eigenvalue weighted by Gasteiger charge is -2.27. The molecule has 0 amide bonds. The molecule has 1 aliphatic carbocycles. The average Bonchev–Trinajstić information content (AvgIpc) is 3.09. The van der Waals surface area contributed by atoms with Crippen LogP contribution in [0.15, 0.2) is 0 Å². The minimum Gasteiger partial charge on any atom is -0.480 e. The molecule has 1 unspecified atom stereocenters. The lowest BCUT2D eigenvalue weighted by atomic mass is 10.1. The molecule has 1 saturated carbocycles. The van der Waals surface area contributed by atoms with Crippen LogP contribution in [0.4, 0.5) is 0 Å². The van der Waals surface area contributed by atoms with E-state index in [0.717, 1.165) is 32.2 Å². The summed E-state index contributed by atoms with van der Waals surface area (Å²) >= 11 is 0. The van der Waals surface area contributed by atoms with Gasteiger partial charge < -0.3 is 15.3 Å². The molecule has 0 radical (unpaired) electrons. The smallest absolute Gasteiger partial charge is 0.320 e. The maximum atomic E-state index is 11.1. The van der Waals surface area contributed by atoms with E-state index in [1.54, 1.807) is 0 Å². The van der Waals surface area contributed by atoms with Gasteiger partial charge in [-0.05, 0) is 39.2 Å². The van der Waals surface area contributed by atoms with Crippen molar-refractivity contribution in [2.75, 3.05) is 13.6 Å². The Morgan fingerprint density at radius 3 is 2.41 bits per heavy atom. The van der Waals surface area contributed by atoms with Gasteiger partial charge in [-0.2, -0.15) is 0 Å². The molecule has 0 spiro atoms. The Labute approximate surface area is 104 Å².